The molecule has 4 aromatic heterocycles. The van der Waals surface area contributed by atoms with Crippen molar-refractivity contribution in [2.24, 2.45) is 11.8 Å². The number of hydrogen-bond donors (Lipinski definition) is 6. The zero-order chi connectivity index (χ0) is 64.8. The number of carbonyl (C=O) groups is 4. The minimum Gasteiger partial charge on any atom is -0.464 e. The predicted molar refractivity (Wildman–Crippen MR) is 315 cm³/mol. The molecule has 0 spiro atoms. The van der Waals surface area contributed by atoms with Gasteiger partial charge in [0.2, 0.25) is 5.79 Å². The van der Waals surface area contributed by atoms with E-state index in [0.29, 0.717) is 11.0 Å². The van der Waals surface area contributed by atoms with E-state index in [1.807, 2.05) is 27.7 Å². The summed E-state index contributed by atoms with van der Waals surface area (Å²) < 4.78 is 118. The van der Waals surface area contributed by atoms with Gasteiger partial charge in [0.15, 0.2) is 23.8 Å². The highest BCUT2D eigenvalue weighted by molar-refractivity contribution is 7.52. The Labute approximate surface area is 511 Å². The van der Waals surface area contributed by atoms with Crippen molar-refractivity contribution >= 4 is 62.0 Å². The molecule has 89 heavy (non-hydrogen) atoms. The number of aromatic nitrogens is 6. The second-order valence-corrected chi connectivity index (χ2v) is 24.5. The van der Waals surface area contributed by atoms with Gasteiger partial charge in [-0.25, -0.2) is 41.4 Å². The molecule has 0 bridgehead atoms. The van der Waals surface area contributed by atoms with Crippen molar-refractivity contribution in [3.63, 3.8) is 0 Å². The number of benzene rings is 2. The lowest BCUT2D eigenvalue weighted by Gasteiger charge is -2.34. The number of para-hydroxylation sites is 2. The van der Waals surface area contributed by atoms with Gasteiger partial charge in [0, 0.05) is 13.8 Å². The maximum Gasteiger partial charge on any atom is 0.462 e. The highest BCUT2D eigenvalue weighted by Gasteiger charge is 2.65. The Kier molecular flexibility index (Phi) is 23.7. The maximum atomic E-state index is 15.5. The first-order valence-corrected chi connectivity index (χ1v) is 31.8. The summed E-state index contributed by atoms with van der Waals surface area (Å²) in [4.78, 5) is 58.2. The van der Waals surface area contributed by atoms with Crippen molar-refractivity contribution in [1.82, 2.24) is 39.4 Å². The van der Waals surface area contributed by atoms with Gasteiger partial charge in [0.05, 0.1) is 31.2 Å². The summed E-state index contributed by atoms with van der Waals surface area (Å²) in [5.74, 6) is -5.20. The number of halogens is 2. The van der Waals surface area contributed by atoms with E-state index in [9.17, 15) is 42.9 Å². The van der Waals surface area contributed by atoms with E-state index in [1.54, 1.807) is 54.6 Å². The van der Waals surface area contributed by atoms with E-state index in [-0.39, 0.29) is 59.6 Å². The fraction of sp³-hybridized carbons (Fsp3) is 0.509. The lowest BCUT2D eigenvalue weighted by atomic mass is 9.96. The van der Waals surface area contributed by atoms with E-state index in [1.165, 1.54) is 65.9 Å². The number of aliphatic hydroxyl groups is 2. The van der Waals surface area contributed by atoms with Crippen LogP contribution in [0.15, 0.2) is 97.6 Å². The Morgan fingerprint density at radius 2 is 1.12 bits per heavy atom. The molecule has 486 valence electrons. The summed E-state index contributed by atoms with van der Waals surface area (Å²) >= 11 is 0. The van der Waals surface area contributed by atoms with Crippen molar-refractivity contribution in [1.29, 1.82) is 0 Å². The largest absolute Gasteiger partial charge is 0.464 e. The number of aliphatic hydroxyl groups excluding tert-OH is 2. The predicted octanol–water partition coefficient (Wildman–Crippen LogP) is 7.05. The van der Waals surface area contributed by atoms with Crippen molar-refractivity contribution in [3.8, 4) is 11.5 Å². The smallest absolute Gasteiger partial charge is 0.462 e. The van der Waals surface area contributed by atoms with E-state index >= 15 is 4.39 Å². The normalized spacial score (nSPS) is 23.6. The van der Waals surface area contributed by atoms with E-state index in [0.717, 1.165) is 39.5 Å². The van der Waals surface area contributed by atoms with Crippen LogP contribution in [-0.2, 0) is 65.8 Å². The molecule has 8 N–H and O–H groups in total. The third kappa shape index (κ3) is 16.6. The minimum absolute atomic E-state index is 0.0230. The third-order valence-electron chi connectivity index (χ3n) is 14.8. The highest BCUT2D eigenvalue weighted by Crippen LogP contribution is 2.56. The number of ether oxygens (including phenoxy) is 6. The molecule has 2 aliphatic heterocycles. The topological polar surface area (TPSA) is 372 Å². The summed E-state index contributed by atoms with van der Waals surface area (Å²) in [6.45, 7) is 9.43. The molecule has 8 rings (SSSR count). The van der Waals surface area contributed by atoms with Gasteiger partial charge in [-0.3, -0.25) is 23.7 Å². The average Bonchev–Trinajstić information content (AvgIpc) is 1.66. The van der Waals surface area contributed by atoms with Crippen molar-refractivity contribution < 1.29 is 93.8 Å². The van der Waals surface area contributed by atoms with Gasteiger partial charge in [0.1, 0.15) is 90.6 Å². The van der Waals surface area contributed by atoms with Crippen LogP contribution < -0.4 is 30.7 Å². The molecule has 32 heteroatoms. The van der Waals surface area contributed by atoms with Gasteiger partial charge in [-0.05, 0) is 74.2 Å². The standard InChI is InChI=1S/C30H39FN5O10P.C27H37FN5O8P/c1-6-21(7-2)15-41-29(39)18(3)35-47(40,45-22-11-9-8-10-12-22)46-30(16-31)27(43-20(5)38)26(42-19(4)37)25(44-30)23-13-14-24-28(32)33-17-34-36(23)24;1-4-18(5-2)13-38-26(36)17(3)32-42(37,41-19-9-7-6-8-10-19)39-15-27(14-28)24(35)22(34)23(40-27)20-11-12-21-25(29)30-16-31-33(20)21/h8-14,17-18,21,25-27H,6-7,15-16H2,1-5H3,(H,35,40)(H2,32,33,34);6-12,16-18,22-24,34-35H,4-5,13-15H2,1-3H3,(H,32,37)(H2,29,30,31)/t18-,25-,26-,27-,30+,47+;17-,22-,23-,24-,27+,42-/m00/s1. The molecule has 0 unspecified atom stereocenters. The fourth-order valence-electron chi connectivity index (χ4n) is 9.67. The molecule has 0 radical (unpaired) electrons. The van der Waals surface area contributed by atoms with Crippen LogP contribution in [-0.4, -0.2) is 144 Å². The summed E-state index contributed by atoms with van der Waals surface area (Å²) in [5.41, 5.74) is 10.9. The zero-order valence-electron chi connectivity index (χ0n) is 50.3. The Balaban J connectivity index is 0.000000255. The molecule has 0 saturated carbocycles. The quantitative estimate of drug-likeness (QED) is 0.0156. The number of nitrogens with one attached hydrogen (secondary N) is 2. The maximum absolute atomic E-state index is 15.5. The van der Waals surface area contributed by atoms with E-state index in [4.69, 9.17) is 58.0 Å². The van der Waals surface area contributed by atoms with Gasteiger partial charge in [-0.1, -0.05) is 89.8 Å². The Hall–Kier alpha value is -7.24. The molecular weight excluding hydrogens is 1210 g/mol. The highest BCUT2D eigenvalue weighted by atomic mass is 31.2. The number of rotatable bonds is 29. The molecule has 12 atom stereocenters. The molecule has 28 nitrogen and oxygen atoms in total. The molecule has 6 aromatic rings. The van der Waals surface area contributed by atoms with Crippen LogP contribution in [0, 0.1) is 11.8 Å². The summed E-state index contributed by atoms with van der Waals surface area (Å²) in [6.07, 6.45) is -3.89. The summed E-state index contributed by atoms with van der Waals surface area (Å²) in [5, 5.41) is 35.2. The van der Waals surface area contributed by atoms with Gasteiger partial charge in [-0.15, -0.1) is 0 Å². The van der Waals surface area contributed by atoms with Crippen LogP contribution in [0.4, 0.5) is 20.4 Å². The first-order chi connectivity index (χ1) is 42.4. The third-order valence-corrected chi connectivity index (χ3v) is 18.2. The Morgan fingerprint density at radius 3 is 1.57 bits per heavy atom. The molecule has 6 heterocycles. The molecule has 0 amide bonds. The lowest BCUT2D eigenvalue weighted by molar-refractivity contribution is -0.230. The average molecular weight is 1290 g/mol. The van der Waals surface area contributed by atoms with Crippen molar-refractivity contribution in [3.05, 3.63) is 109 Å². The number of nitrogen functional groups attached to an aromatic ring is 2. The van der Waals surface area contributed by atoms with Crippen molar-refractivity contribution in [2.45, 2.75) is 141 Å². The monoisotopic (exact) mass is 1290 g/mol. The molecule has 2 aromatic carbocycles. The fourth-order valence-corrected chi connectivity index (χ4v) is 12.9. The second-order valence-electron chi connectivity index (χ2n) is 21.2. The molecule has 0 aliphatic carbocycles. The molecule has 2 fully saturated rings. The number of carbonyl (C=O) groups excluding carboxylic acids is 4. The number of anilines is 2. The molecular formula is C57H76F2N10O18P2. The molecule has 2 saturated heterocycles. The Morgan fingerprint density at radius 1 is 0.663 bits per heavy atom. The minimum atomic E-state index is -4.84. The number of hydrogen-bond acceptors (Lipinski definition) is 24. The number of nitrogens with two attached hydrogens (primary N) is 2. The van der Waals surface area contributed by atoms with Crippen LogP contribution >= 0.6 is 15.5 Å². The van der Waals surface area contributed by atoms with Crippen LogP contribution in [0.25, 0.3) is 11.0 Å². The summed E-state index contributed by atoms with van der Waals surface area (Å²) in [6, 6.07) is 19.6. The number of fused-ring (bicyclic) bond motifs is 2. The molecule has 2 aliphatic rings. The van der Waals surface area contributed by atoms with E-state index < -0.39 is 119 Å². The number of esters is 4. The van der Waals surface area contributed by atoms with E-state index in [2.05, 4.69) is 30.3 Å². The Bertz CT molecular complexity index is 3440. The SMILES string of the molecule is CCC(CC)COC(=O)[C@H](C)N[P@@](=O)(Oc1ccccc1)O[C@@]1(CF)O[C@@H](c2ccc3c(N)ncnn23)[C@H](OC(C)=O)[C@@H]1OC(C)=O.CCC(CC)COC(=O)[C@H](C)N[P@](=O)(OC[C@@]1(CF)O[C@@H](c2ccc3c(N)ncnn23)[C@H](O)[C@@H]1O)Oc1ccccc1. The van der Waals surface area contributed by atoms with Crippen LogP contribution in [0.5, 0.6) is 11.5 Å². The summed E-state index contributed by atoms with van der Waals surface area (Å²) in [7, 11) is -9.27. The first kappa shape index (κ1) is 69.2. The van der Waals surface area contributed by atoms with Crippen molar-refractivity contribution in [2.75, 3.05) is 44.6 Å². The van der Waals surface area contributed by atoms with Crippen LogP contribution in [0.1, 0.15) is 105 Å². The lowest BCUT2D eigenvalue weighted by Crippen LogP contribution is -2.51. The number of nitrogens with zero attached hydrogens (tertiary/aromatic N) is 6. The van der Waals surface area contributed by atoms with Gasteiger partial charge in [0.25, 0.3) is 0 Å². The first-order valence-electron chi connectivity index (χ1n) is 28.7. The number of alkyl halides is 2. The second kappa shape index (κ2) is 30.5. The van der Waals surface area contributed by atoms with Crippen LogP contribution in [0.2, 0.25) is 0 Å². The van der Waals surface area contributed by atoms with Crippen LogP contribution in [0.3, 0.4) is 0 Å². The zero-order valence-corrected chi connectivity index (χ0v) is 52.1. The van der Waals surface area contributed by atoms with Gasteiger partial charge in [-0.2, -0.15) is 20.4 Å². The van der Waals surface area contributed by atoms with Gasteiger partial charge >= 0.3 is 39.4 Å². The van der Waals surface area contributed by atoms with Gasteiger partial charge < -0.3 is 59.1 Å².